The number of aromatic nitrogens is 1. The minimum Gasteiger partial charge on any atom is -0.310 e. The predicted molar refractivity (Wildman–Crippen MR) is 76.7 cm³/mol. The fourth-order valence-corrected chi connectivity index (χ4v) is 3.21. The number of pyridine rings is 1. The van der Waals surface area contributed by atoms with Crippen molar-refractivity contribution in [2.75, 3.05) is 24.7 Å². The smallest absolute Gasteiger partial charge is 0.229 e. The summed E-state index contributed by atoms with van der Waals surface area (Å²) in [5, 5.41) is 2.75. The Bertz CT molecular complexity index is 601. The number of nitrogens with zero attached hydrogens (tertiary/aromatic N) is 2. The third kappa shape index (κ3) is 3.77. The molecule has 1 aliphatic heterocycles. The summed E-state index contributed by atoms with van der Waals surface area (Å²) >= 11 is 0. The average molecular weight is 297 g/mol. The second-order valence-electron chi connectivity index (χ2n) is 5.11. The zero-order valence-corrected chi connectivity index (χ0v) is 12.5. The molecule has 1 atom stereocenters. The van der Waals surface area contributed by atoms with Gasteiger partial charge >= 0.3 is 0 Å². The minimum absolute atomic E-state index is 0.170. The van der Waals surface area contributed by atoms with Crippen molar-refractivity contribution >= 4 is 21.7 Å². The van der Waals surface area contributed by atoms with Gasteiger partial charge in [0, 0.05) is 18.8 Å². The molecule has 0 radical (unpaired) electrons. The predicted octanol–water partition coefficient (Wildman–Crippen LogP) is 1.00. The standard InChI is InChI=1S/C13H19N3O3S/c1-10-5-3-7-12(14-10)15-13(17)11-6-4-8-16(9-11)20(2,18)19/h3,5,7,11H,4,6,8-9H2,1-2H3,(H,14,15,17)/t11-/m0/s1. The van der Waals surface area contributed by atoms with Crippen molar-refractivity contribution in [3.05, 3.63) is 23.9 Å². The Balaban J connectivity index is 2.02. The van der Waals surface area contributed by atoms with Crippen LogP contribution in [0, 0.1) is 12.8 Å². The molecule has 0 saturated carbocycles. The fourth-order valence-electron chi connectivity index (χ4n) is 2.30. The summed E-state index contributed by atoms with van der Waals surface area (Å²) in [5.41, 5.74) is 0.823. The second-order valence-corrected chi connectivity index (χ2v) is 7.10. The zero-order chi connectivity index (χ0) is 14.8. The largest absolute Gasteiger partial charge is 0.310 e. The van der Waals surface area contributed by atoms with Gasteiger partial charge in [-0.3, -0.25) is 4.79 Å². The van der Waals surface area contributed by atoms with Gasteiger partial charge in [0.25, 0.3) is 0 Å². The monoisotopic (exact) mass is 297 g/mol. The van der Waals surface area contributed by atoms with Gasteiger partial charge in [-0.15, -0.1) is 0 Å². The lowest BCUT2D eigenvalue weighted by Crippen LogP contribution is -2.43. The quantitative estimate of drug-likeness (QED) is 0.902. The molecule has 2 rings (SSSR count). The Hall–Kier alpha value is -1.47. The van der Waals surface area contributed by atoms with Crippen molar-refractivity contribution < 1.29 is 13.2 Å². The molecule has 110 valence electrons. The van der Waals surface area contributed by atoms with Gasteiger partial charge in [0.05, 0.1) is 12.2 Å². The number of hydrogen-bond donors (Lipinski definition) is 1. The van der Waals surface area contributed by atoms with E-state index in [9.17, 15) is 13.2 Å². The highest BCUT2D eigenvalue weighted by atomic mass is 32.2. The van der Waals surface area contributed by atoms with Crippen LogP contribution in [0.1, 0.15) is 18.5 Å². The fraction of sp³-hybridized carbons (Fsp3) is 0.538. The highest BCUT2D eigenvalue weighted by Gasteiger charge is 2.30. The molecule has 1 amide bonds. The summed E-state index contributed by atoms with van der Waals surface area (Å²) in [6.45, 7) is 2.59. The average Bonchev–Trinajstić information content (AvgIpc) is 2.38. The van der Waals surface area contributed by atoms with E-state index in [1.165, 1.54) is 10.6 Å². The van der Waals surface area contributed by atoms with Gasteiger partial charge in [0.1, 0.15) is 5.82 Å². The van der Waals surface area contributed by atoms with Crippen LogP contribution in [0.3, 0.4) is 0 Å². The molecule has 0 aromatic carbocycles. The molecule has 1 aromatic rings. The molecule has 1 saturated heterocycles. The summed E-state index contributed by atoms with van der Waals surface area (Å²) in [6, 6.07) is 5.39. The van der Waals surface area contributed by atoms with Crippen molar-refractivity contribution in [2.24, 2.45) is 5.92 Å². The third-order valence-electron chi connectivity index (χ3n) is 3.36. The Kier molecular flexibility index (Phi) is 4.39. The van der Waals surface area contributed by atoms with Crippen LogP contribution in [-0.4, -0.2) is 43.0 Å². The molecular weight excluding hydrogens is 278 g/mol. The van der Waals surface area contributed by atoms with E-state index in [0.29, 0.717) is 25.2 Å². The van der Waals surface area contributed by atoms with Crippen LogP contribution >= 0.6 is 0 Å². The SMILES string of the molecule is Cc1cccc(NC(=O)[C@H]2CCCN(S(C)(=O)=O)C2)n1. The van der Waals surface area contributed by atoms with Crippen molar-refractivity contribution in [1.82, 2.24) is 9.29 Å². The third-order valence-corrected chi connectivity index (χ3v) is 4.63. The van der Waals surface area contributed by atoms with Crippen molar-refractivity contribution in [3.8, 4) is 0 Å². The van der Waals surface area contributed by atoms with Gasteiger partial charge in [-0.2, -0.15) is 0 Å². The molecule has 6 nitrogen and oxygen atoms in total. The lowest BCUT2D eigenvalue weighted by Gasteiger charge is -2.29. The molecule has 1 N–H and O–H groups in total. The number of carbonyl (C=O) groups excluding carboxylic acids is 1. The van der Waals surface area contributed by atoms with Crippen LogP contribution < -0.4 is 5.32 Å². The maximum atomic E-state index is 12.2. The number of anilines is 1. The van der Waals surface area contributed by atoms with E-state index in [4.69, 9.17) is 0 Å². The van der Waals surface area contributed by atoms with Gasteiger partial charge in [0.2, 0.25) is 15.9 Å². The summed E-state index contributed by atoms with van der Waals surface area (Å²) in [4.78, 5) is 16.4. The molecule has 2 heterocycles. The van der Waals surface area contributed by atoms with Gasteiger partial charge in [0.15, 0.2) is 0 Å². The number of aryl methyl sites for hydroxylation is 1. The van der Waals surface area contributed by atoms with Gasteiger partial charge in [-0.25, -0.2) is 17.7 Å². The number of hydrogen-bond acceptors (Lipinski definition) is 4. The summed E-state index contributed by atoms with van der Waals surface area (Å²) in [6.07, 6.45) is 2.57. The number of nitrogens with one attached hydrogen (secondary N) is 1. The van der Waals surface area contributed by atoms with Crippen molar-refractivity contribution in [2.45, 2.75) is 19.8 Å². The highest BCUT2D eigenvalue weighted by molar-refractivity contribution is 7.88. The topological polar surface area (TPSA) is 79.4 Å². The Morgan fingerprint density at radius 2 is 2.20 bits per heavy atom. The first kappa shape index (κ1) is 14.9. The first-order chi connectivity index (χ1) is 9.36. The maximum Gasteiger partial charge on any atom is 0.229 e. The van der Waals surface area contributed by atoms with E-state index in [1.54, 1.807) is 6.07 Å². The van der Waals surface area contributed by atoms with Crippen LogP contribution in [0.5, 0.6) is 0 Å². The number of amides is 1. The van der Waals surface area contributed by atoms with Gasteiger partial charge in [-0.05, 0) is 31.9 Å². The second kappa shape index (κ2) is 5.88. The summed E-state index contributed by atoms with van der Waals surface area (Å²) < 4.78 is 24.4. The van der Waals surface area contributed by atoms with Crippen molar-refractivity contribution in [1.29, 1.82) is 0 Å². The van der Waals surface area contributed by atoms with Crippen LogP contribution in [0.25, 0.3) is 0 Å². The van der Waals surface area contributed by atoms with Gasteiger partial charge in [-0.1, -0.05) is 6.07 Å². The number of rotatable bonds is 3. The van der Waals surface area contributed by atoms with E-state index < -0.39 is 10.0 Å². The van der Waals surface area contributed by atoms with Crippen molar-refractivity contribution in [3.63, 3.8) is 0 Å². The van der Waals surface area contributed by atoms with Crippen LogP contribution in [0.4, 0.5) is 5.82 Å². The van der Waals surface area contributed by atoms with E-state index in [2.05, 4.69) is 10.3 Å². The first-order valence-corrected chi connectivity index (χ1v) is 8.41. The first-order valence-electron chi connectivity index (χ1n) is 6.56. The van der Waals surface area contributed by atoms with Crippen LogP contribution in [0.15, 0.2) is 18.2 Å². The van der Waals surface area contributed by atoms with Crippen LogP contribution in [-0.2, 0) is 14.8 Å². The zero-order valence-electron chi connectivity index (χ0n) is 11.7. The lowest BCUT2D eigenvalue weighted by molar-refractivity contribution is -0.120. The summed E-state index contributed by atoms with van der Waals surface area (Å²) in [7, 11) is -3.23. The normalized spacial score (nSPS) is 20.6. The Morgan fingerprint density at radius 1 is 1.45 bits per heavy atom. The van der Waals surface area contributed by atoms with E-state index in [-0.39, 0.29) is 18.4 Å². The molecule has 0 spiro atoms. The van der Waals surface area contributed by atoms with Crippen LogP contribution in [0.2, 0.25) is 0 Å². The molecular formula is C13H19N3O3S. The highest BCUT2D eigenvalue weighted by Crippen LogP contribution is 2.20. The molecule has 0 unspecified atom stereocenters. The molecule has 0 aliphatic carbocycles. The molecule has 1 aliphatic rings. The summed E-state index contributed by atoms with van der Waals surface area (Å²) in [5.74, 6) is 0.0173. The van der Waals surface area contributed by atoms with E-state index in [0.717, 1.165) is 5.69 Å². The van der Waals surface area contributed by atoms with E-state index in [1.807, 2.05) is 19.1 Å². The molecule has 1 aromatic heterocycles. The molecule has 1 fully saturated rings. The Morgan fingerprint density at radius 3 is 2.85 bits per heavy atom. The lowest BCUT2D eigenvalue weighted by atomic mass is 9.99. The number of carbonyl (C=O) groups is 1. The molecule has 20 heavy (non-hydrogen) atoms. The number of sulfonamides is 1. The molecule has 7 heteroatoms. The Labute approximate surface area is 119 Å². The van der Waals surface area contributed by atoms with E-state index >= 15 is 0 Å². The van der Waals surface area contributed by atoms with Gasteiger partial charge < -0.3 is 5.32 Å². The minimum atomic E-state index is -3.23. The molecule has 0 bridgehead atoms. The maximum absolute atomic E-state index is 12.2. The number of piperidine rings is 1.